The summed E-state index contributed by atoms with van der Waals surface area (Å²) in [6, 6.07) is 0. The van der Waals surface area contributed by atoms with Crippen molar-refractivity contribution in [2.75, 3.05) is 13.2 Å². The first kappa shape index (κ1) is 51.7. The topological polar surface area (TPSA) is 198 Å². The molecule has 0 amide bonds. The first-order valence-corrected chi connectivity index (χ1v) is 24.8. The number of ether oxygens (including phenoxy) is 10. The molecule has 16 heteroatoms. The van der Waals surface area contributed by atoms with E-state index >= 15 is 0 Å². The molecule has 0 aromatic heterocycles. The van der Waals surface area contributed by atoms with E-state index in [1.807, 2.05) is 48.5 Å². The predicted octanol–water partition coefficient (Wildman–Crippen LogP) is 7.31. The molecule has 7 aliphatic rings. The van der Waals surface area contributed by atoms with Crippen LogP contribution < -0.4 is 0 Å². The van der Waals surface area contributed by atoms with E-state index in [-0.39, 0.29) is 65.7 Å². The number of fused-ring (bicyclic) bond motifs is 3. The minimum absolute atomic E-state index is 0.00255. The van der Waals surface area contributed by atoms with Crippen molar-refractivity contribution >= 4 is 29.8 Å². The number of carbonyl (C=O) groups is 5. The van der Waals surface area contributed by atoms with Gasteiger partial charge in [-0.3, -0.25) is 24.0 Å². The molecule has 1 spiro atoms. The molecule has 16 nitrogen and oxygen atoms in total. The molecule has 7 rings (SSSR count). The second-order valence-electron chi connectivity index (χ2n) is 22.2. The molecule has 1 N–H and O–H groups in total. The quantitative estimate of drug-likeness (QED) is 0.0834. The van der Waals surface area contributed by atoms with Crippen LogP contribution in [0.5, 0.6) is 0 Å². The number of esters is 4. The summed E-state index contributed by atoms with van der Waals surface area (Å²) in [7, 11) is 0. The summed E-state index contributed by atoms with van der Waals surface area (Å²) in [5.41, 5.74) is -1.07. The van der Waals surface area contributed by atoms with E-state index in [1.54, 1.807) is 0 Å². The molecule has 7 fully saturated rings. The molecule has 67 heavy (non-hydrogen) atoms. The predicted molar refractivity (Wildman–Crippen MR) is 239 cm³/mol. The zero-order chi connectivity index (χ0) is 49.1. The van der Waals surface area contributed by atoms with Gasteiger partial charge in [0.25, 0.3) is 0 Å². The van der Waals surface area contributed by atoms with Gasteiger partial charge in [0.2, 0.25) is 0 Å². The molecule has 378 valence electrons. The Morgan fingerprint density at radius 2 is 1.16 bits per heavy atom. The number of carbonyl (C=O) groups excluding carboxylic acids is 4. The van der Waals surface area contributed by atoms with Gasteiger partial charge in [0.15, 0.2) is 31.1 Å². The van der Waals surface area contributed by atoms with Gasteiger partial charge in [0.05, 0.1) is 29.3 Å². The fourth-order valence-corrected chi connectivity index (χ4v) is 14.1. The van der Waals surface area contributed by atoms with Crippen molar-refractivity contribution in [1.29, 1.82) is 0 Å². The third kappa shape index (κ3) is 9.71. The van der Waals surface area contributed by atoms with Gasteiger partial charge < -0.3 is 52.5 Å². The maximum atomic E-state index is 12.9. The third-order valence-electron chi connectivity index (χ3n) is 18.3. The first-order chi connectivity index (χ1) is 31.4. The summed E-state index contributed by atoms with van der Waals surface area (Å²) >= 11 is 0. The van der Waals surface area contributed by atoms with Gasteiger partial charge in [-0.2, -0.15) is 0 Å². The number of carboxylic acid groups (broad SMARTS) is 1. The third-order valence-corrected chi connectivity index (χ3v) is 18.3. The molecule has 21 atom stereocenters. The Bertz CT molecular complexity index is 1890. The van der Waals surface area contributed by atoms with Gasteiger partial charge in [-0.25, -0.2) is 0 Å². The van der Waals surface area contributed by atoms with Crippen LogP contribution in [0.3, 0.4) is 0 Å². The summed E-state index contributed by atoms with van der Waals surface area (Å²) in [6.45, 7) is 25.8. The lowest BCUT2D eigenvalue weighted by Crippen LogP contribution is -2.64. The van der Waals surface area contributed by atoms with Gasteiger partial charge in [-0.15, -0.1) is 0 Å². The van der Waals surface area contributed by atoms with Crippen LogP contribution in [0.15, 0.2) is 12.2 Å². The number of rotatable bonds is 13. The SMILES string of the molecule is C=C1C[C@@]23CCC4[C@](C)(C(=O)O)CCC[C@@]4(C)[C@@H]2CCC1(O[C@@H]1OC(COC(C)=O)[C@@H](C)[C@H](O[C@@H]2OC(COC(C)=O)[C@@H](C)[C@H](C)C2OC(C)=O)C1O[C@@H]1OC(C)[C@H](C)[C@H](C)C1OC(C)=O)C3. The fraction of sp³-hybridized carbons (Fsp3) is 0.863. The van der Waals surface area contributed by atoms with Gasteiger partial charge >= 0.3 is 29.8 Å². The zero-order valence-corrected chi connectivity index (χ0v) is 41.9. The van der Waals surface area contributed by atoms with Crippen molar-refractivity contribution in [3.63, 3.8) is 0 Å². The average molecular weight is 947 g/mol. The van der Waals surface area contributed by atoms with Crippen molar-refractivity contribution in [1.82, 2.24) is 0 Å². The Morgan fingerprint density at radius 3 is 1.75 bits per heavy atom. The molecule has 3 heterocycles. The lowest BCUT2D eigenvalue weighted by Gasteiger charge is -2.64. The van der Waals surface area contributed by atoms with Crippen molar-refractivity contribution in [3.05, 3.63) is 12.2 Å². The van der Waals surface area contributed by atoms with Crippen molar-refractivity contribution in [3.8, 4) is 0 Å². The summed E-state index contributed by atoms with van der Waals surface area (Å²) in [4.78, 5) is 62.7. The lowest BCUT2D eigenvalue weighted by molar-refractivity contribution is -0.388. The van der Waals surface area contributed by atoms with Crippen LogP contribution in [-0.4, -0.2) is 115 Å². The Hall–Kier alpha value is -3.15. The largest absolute Gasteiger partial charge is 0.481 e. The van der Waals surface area contributed by atoms with Crippen LogP contribution in [-0.2, 0) is 71.3 Å². The van der Waals surface area contributed by atoms with E-state index in [2.05, 4.69) is 6.92 Å². The maximum Gasteiger partial charge on any atom is 0.309 e. The molecule has 4 aliphatic carbocycles. The van der Waals surface area contributed by atoms with Crippen LogP contribution in [0.4, 0.5) is 0 Å². The van der Waals surface area contributed by atoms with Crippen molar-refractivity contribution in [2.45, 2.75) is 208 Å². The molecule has 3 aliphatic heterocycles. The van der Waals surface area contributed by atoms with Crippen LogP contribution >= 0.6 is 0 Å². The average Bonchev–Trinajstić information content (AvgIpc) is 3.44. The highest BCUT2D eigenvalue weighted by Crippen LogP contribution is 2.73. The Balaban J connectivity index is 1.29. The second-order valence-corrected chi connectivity index (χ2v) is 22.2. The fourth-order valence-electron chi connectivity index (χ4n) is 14.1. The number of aliphatic carboxylic acids is 1. The standard InChI is InChI=1S/C51H78O16/c1-25-21-50-19-15-38-48(12,17-14-18-49(38,13)47(56)57)39(50)16-20-51(25,24-50)67-46-43(66-44-41(61-34(10)54)28(4)26(2)31(7)60-44)40(30(6)37(64-46)23-59-33(9)53)65-45-42(62-35(11)55)29(5)27(3)36(63-45)22-58-32(8)52/h26-31,36-46H,1,14-24H2,2-13H3,(H,56,57)/t26-,27+,28+,29+,30-,31?,36?,37?,38?,39+,40+,41?,42?,43?,44+,45+,46+,48-,49-,50-,51?/m1/s1. The van der Waals surface area contributed by atoms with Crippen LogP contribution in [0.25, 0.3) is 0 Å². The van der Waals surface area contributed by atoms with Gasteiger partial charge in [-0.1, -0.05) is 54.5 Å². The van der Waals surface area contributed by atoms with Crippen molar-refractivity contribution < 1.29 is 76.4 Å². The molecule has 2 bridgehead atoms. The van der Waals surface area contributed by atoms with Crippen LogP contribution in [0, 0.1) is 57.7 Å². The Morgan fingerprint density at radius 1 is 0.627 bits per heavy atom. The van der Waals surface area contributed by atoms with Gasteiger partial charge in [0.1, 0.15) is 25.4 Å². The van der Waals surface area contributed by atoms with E-state index in [1.165, 1.54) is 27.7 Å². The summed E-state index contributed by atoms with van der Waals surface area (Å²) in [5.74, 6) is -3.73. The summed E-state index contributed by atoms with van der Waals surface area (Å²) in [5, 5.41) is 10.6. The second kappa shape index (κ2) is 19.6. The lowest BCUT2D eigenvalue weighted by atomic mass is 9.41. The molecular weight excluding hydrogens is 869 g/mol. The summed E-state index contributed by atoms with van der Waals surface area (Å²) in [6.07, 6.45) is -2.06. The number of hydrogen-bond donors (Lipinski definition) is 1. The maximum absolute atomic E-state index is 12.9. The molecular formula is C51H78O16. The highest BCUT2D eigenvalue weighted by molar-refractivity contribution is 5.75. The minimum atomic E-state index is -1.20. The number of carboxylic acids is 1. The smallest absolute Gasteiger partial charge is 0.309 e. The highest BCUT2D eigenvalue weighted by atomic mass is 16.8. The molecule has 3 saturated heterocycles. The molecule has 4 saturated carbocycles. The molecule has 0 aromatic carbocycles. The van der Waals surface area contributed by atoms with Gasteiger partial charge in [-0.05, 0) is 105 Å². The monoisotopic (exact) mass is 947 g/mol. The van der Waals surface area contributed by atoms with E-state index in [0.29, 0.717) is 19.3 Å². The van der Waals surface area contributed by atoms with E-state index in [4.69, 9.17) is 53.9 Å². The van der Waals surface area contributed by atoms with Crippen LogP contribution in [0.2, 0.25) is 0 Å². The first-order valence-electron chi connectivity index (χ1n) is 24.8. The number of hydrogen-bond acceptors (Lipinski definition) is 15. The van der Waals surface area contributed by atoms with E-state index in [9.17, 15) is 29.1 Å². The summed E-state index contributed by atoms with van der Waals surface area (Å²) < 4.78 is 64.9. The minimum Gasteiger partial charge on any atom is -0.481 e. The Labute approximate surface area is 396 Å². The normalized spacial score (nSPS) is 47.2. The zero-order valence-electron chi connectivity index (χ0n) is 41.9. The van der Waals surface area contributed by atoms with E-state index < -0.39 is 102 Å². The molecule has 0 radical (unpaired) electrons. The highest BCUT2D eigenvalue weighted by Gasteiger charge is 2.69. The molecule has 8 unspecified atom stereocenters. The Kier molecular flexibility index (Phi) is 15.1. The van der Waals surface area contributed by atoms with Crippen LogP contribution in [0.1, 0.15) is 141 Å². The van der Waals surface area contributed by atoms with E-state index in [0.717, 1.165) is 44.1 Å². The van der Waals surface area contributed by atoms with Gasteiger partial charge in [0, 0.05) is 45.4 Å². The van der Waals surface area contributed by atoms with Crippen molar-refractivity contribution in [2.24, 2.45) is 57.7 Å². The molecule has 0 aromatic rings.